The molecule has 2 nitrogen and oxygen atoms in total. The molecule has 0 fully saturated rings. The summed E-state index contributed by atoms with van der Waals surface area (Å²) in [6.07, 6.45) is 2.26. The van der Waals surface area contributed by atoms with E-state index in [1.54, 1.807) is 14.2 Å². The van der Waals surface area contributed by atoms with E-state index in [1.165, 1.54) is 31.3 Å². The van der Waals surface area contributed by atoms with Crippen molar-refractivity contribution >= 4 is 40.2 Å². The van der Waals surface area contributed by atoms with Crippen molar-refractivity contribution in [3.8, 4) is 11.5 Å². The van der Waals surface area contributed by atoms with Crippen LogP contribution in [-0.4, -0.2) is 20.5 Å². The van der Waals surface area contributed by atoms with Crippen molar-refractivity contribution in [1.82, 2.24) is 0 Å². The Hall–Kier alpha value is -2.64. The van der Waals surface area contributed by atoms with Gasteiger partial charge in [-0.1, -0.05) is 48.5 Å². The third kappa shape index (κ3) is 6.68. The molecule has 0 amide bonds. The molecule has 0 aliphatic carbocycles. The number of benzene rings is 4. The summed E-state index contributed by atoms with van der Waals surface area (Å²) < 4.78 is 70.7. The third-order valence-electron chi connectivity index (χ3n) is 4.74. The molecule has 0 aromatic heterocycles. The molecule has 4 aromatic carbocycles. The summed E-state index contributed by atoms with van der Waals surface area (Å²) in [6.45, 7) is 0. The number of ether oxygens (including phenoxy) is 2. The zero-order chi connectivity index (χ0) is 24.5. The molecule has 0 aliphatic heterocycles. The van der Waals surface area contributed by atoms with E-state index in [4.69, 9.17) is 9.47 Å². The molecular weight excluding hydrogens is 485 g/mol. The molecule has 0 N–H and O–H groups in total. The number of halogens is 6. The van der Waals surface area contributed by atoms with Gasteiger partial charge in [0, 0.05) is 10.8 Å². The summed E-state index contributed by atoms with van der Waals surface area (Å²) >= 11 is 0. The van der Waals surface area contributed by atoms with Gasteiger partial charge >= 0.3 is 33.0 Å². The van der Waals surface area contributed by atoms with Crippen LogP contribution < -0.4 is 9.47 Å². The zero-order valence-electron chi connectivity index (χ0n) is 17.9. The van der Waals surface area contributed by atoms with Crippen LogP contribution in [0.4, 0.5) is 25.2 Å². The van der Waals surface area contributed by atoms with Crippen LogP contribution >= 0.6 is 7.81 Å². The standard InChI is InChI=1S/C23H21O2S.F6P/c1-24-20-14-12-16-8-4-6-10-18(16)22(20)26(3)23-19-11-7-5-9-17(19)13-15-21(23)25-2;1-7(2,3,4,5)6/h4-15H,1-3H3;/q+1;-1. The molecule has 0 spiro atoms. The van der Waals surface area contributed by atoms with Gasteiger partial charge in [0.25, 0.3) is 0 Å². The van der Waals surface area contributed by atoms with E-state index < -0.39 is 7.81 Å². The molecule has 0 atom stereocenters. The van der Waals surface area contributed by atoms with Crippen LogP contribution in [-0.2, 0) is 10.9 Å². The van der Waals surface area contributed by atoms with Crippen LogP contribution in [0.2, 0.25) is 0 Å². The third-order valence-corrected chi connectivity index (χ3v) is 6.81. The maximum atomic E-state index is 9.87. The second kappa shape index (κ2) is 8.29. The van der Waals surface area contributed by atoms with E-state index in [2.05, 4.69) is 79.1 Å². The van der Waals surface area contributed by atoms with Gasteiger partial charge in [-0.3, -0.25) is 0 Å². The predicted octanol–water partition coefficient (Wildman–Crippen LogP) is 9.06. The van der Waals surface area contributed by atoms with Crippen LogP contribution in [0.5, 0.6) is 11.5 Å². The van der Waals surface area contributed by atoms with Crippen LogP contribution in [0.3, 0.4) is 0 Å². The summed E-state index contributed by atoms with van der Waals surface area (Å²) in [5.41, 5.74) is 0. The van der Waals surface area contributed by atoms with Gasteiger partial charge in [0.1, 0.15) is 6.26 Å². The summed E-state index contributed by atoms with van der Waals surface area (Å²) in [7, 11) is -7.39. The summed E-state index contributed by atoms with van der Waals surface area (Å²) in [6, 6.07) is 25.3. The number of fused-ring (bicyclic) bond motifs is 2. The van der Waals surface area contributed by atoms with Crippen molar-refractivity contribution in [2.75, 3.05) is 20.5 Å². The Morgan fingerprint density at radius 2 is 0.909 bits per heavy atom. The summed E-state index contributed by atoms with van der Waals surface area (Å²) in [4.78, 5) is 2.44. The first-order chi connectivity index (χ1) is 15.2. The average Bonchev–Trinajstić information content (AvgIpc) is 2.74. The molecule has 10 heteroatoms. The van der Waals surface area contributed by atoms with Crippen molar-refractivity contribution in [2.24, 2.45) is 0 Å². The molecule has 178 valence electrons. The second-order valence-electron chi connectivity index (χ2n) is 7.10. The van der Waals surface area contributed by atoms with E-state index in [0.29, 0.717) is 0 Å². The zero-order valence-corrected chi connectivity index (χ0v) is 19.6. The van der Waals surface area contributed by atoms with Crippen LogP contribution in [0.25, 0.3) is 21.5 Å². The Bertz CT molecular complexity index is 1210. The van der Waals surface area contributed by atoms with Crippen molar-refractivity contribution in [3.63, 3.8) is 0 Å². The minimum atomic E-state index is -10.7. The van der Waals surface area contributed by atoms with Gasteiger partial charge in [-0.05, 0) is 35.0 Å². The quantitative estimate of drug-likeness (QED) is 0.156. The first-order valence-corrected chi connectivity index (χ1v) is 13.2. The Morgan fingerprint density at radius 3 is 1.24 bits per heavy atom. The van der Waals surface area contributed by atoms with Crippen molar-refractivity contribution in [3.05, 3.63) is 72.8 Å². The Labute approximate surface area is 189 Å². The van der Waals surface area contributed by atoms with Gasteiger partial charge in [0.15, 0.2) is 11.5 Å². The van der Waals surface area contributed by atoms with Gasteiger partial charge in [0.2, 0.25) is 9.79 Å². The molecule has 0 radical (unpaired) electrons. The van der Waals surface area contributed by atoms with Gasteiger partial charge in [-0.25, -0.2) is 0 Å². The Balaban J connectivity index is 0.000000383. The molecular formula is C23H21F6O2PS. The number of hydrogen-bond acceptors (Lipinski definition) is 2. The first kappa shape index (κ1) is 25.0. The Kier molecular flexibility index (Phi) is 6.28. The molecule has 33 heavy (non-hydrogen) atoms. The van der Waals surface area contributed by atoms with E-state index in [0.717, 1.165) is 11.5 Å². The summed E-state index contributed by atoms with van der Waals surface area (Å²) in [5, 5.41) is 4.91. The van der Waals surface area contributed by atoms with Crippen molar-refractivity contribution < 1.29 is 34.7 Å². The van der Waals surface area contributed by atoms with E-state index in [-0.39, 0.29) is 10.9 Å². The van der Waals surface area contributed by atoms with Crippen LogP contribution in [0, 0.1) is 0 Å². The van der Waals surface area contributed by atoms with Crippen molar-refractivity contribution in [1.29, 1.82) is 0 Å². The van der Waals surface area contributed by atoms with Gasteiger partial charge in [-0.15, -0.1) is 0 Å². The normalized spacial score (nSPS) is 13.8. The molecule has 0 saturated carbocycles. The fourth-order valence-electron chi connectivity index (χ4n) is 3.50. The first-order valence-electron chi connectivity index (χ1n) is 9.53. The molecule has 4 rings (SSSR count). The van der Waals surface area contributed by atoms with E-state index >= 15 is 0 Å². The molecule has 0 bridgehead atoms. The molecule has 0 heterocycles. The number of methoxy groups -OCH3 is 2. The molecule has 0 aliphatic rings. The van der Waals surface area contributed by atoms with Crippen molar-refractivity contribution in [2.45, 2.75) is 9.79 Å². The van der Waals surface area contributed by atoms with Gasteiger partial charge < -0.3 is 9.47 Å². The predicted molar refractivity (Wildman–Crippen MR) is 124 cm³/mol. The number of hydrogen-bond donors (Lipinski definition) is 0. The SMILES string of the molecule is COc1ccc2ccccc2c1[S+](C)c1c(OC)ccc2ccccc12.F[P-](F)(F)(F)(F)F. The van der Waals surface area contributed by atoms with Gasteiger partial charge in [-0.2, -0.15) is 0 Å². The van der Waals surface area contributed by atoms with E-state index in [1.807, 2.05) is 0 Å². The second-order valence-corrected chi connectivity index (χ2v) is 10.9. The monoisotopic (exact) mass is 506 g/mol. The molecule has 0 unspecified atom stereocenters. The fourth-order valence-corrected chi connectivity index (χ4v) is 5.64. The Morgan fingerprint density at radius 1 is 0.576 bits per heavy atom. The van der Waals surface area contributed by atoms with Gasteiger partial charge in [0.05, 0.1) is 25.1 Å². The maximum absolute atomic E-state index is 10.7. The van der Waals surface area contributed by atoms with E-state index in [9.17, 15) is 25.2 Å². The number of rotatable bonds is 4. The molecule has 4 aromatic rings. The average molecular weight is 506 g/mol. The minimum absolute atomic E-state index is 0.219. The topological polar surface area (TPSA) is 18.5 Å². The molecule has 0 saturated heterocycles. The summed E-state index contributed by atoms with van der Waals surface area (Å²) in [5.74, 6) is 1.84. The van der Waals surface area contributed by atoms with Crippen LogP contribution in [0.15, 0.2) is 82.6 Å². The fraction of sp³-hybridized carbons (Fsp3) is 0.130. The van der Waals surface area contributed by atoms with Crippen LogP contribution in [0.1, 0.15) is 0 Å².